The van der Waals surface area contributed by atoms with Crippen LogP contribution in [0.2, 0.25) is 0 Å². The highest BCUT2D eigenvalue weighted by atomic mass is 16.4. The Morgan fingerprint density at radius 3 is 2.70 bits per heavy atom. The highest BCUT2D eigenvalue weighted by Gasteiger charge is 2.52. The first-order valence-electron chi connectivity index (χ1n) is 6.72. The van der Waals surface area contributed by atoms with E-state index in [1.54, 1.807) is 24.3 Å². The summed E-state index contributed by atoms with van der Waals surface area (Å²) < 4.78 is 0. The number of nitrogens with zero attached hydrogens (tertiary/aromatic N) is 2. The van der Waals surface area contributed by atoms with Gasteiger partial charge >= 0.3 is 5.97 Å². The number of carboxylic acid groups (broad SMARTS) is 1. The molecule has 106 valence electrons. The number of aromatic amines is 1. The number of carbonyl (C=O) groups excluding carboxylic acids is 1. The molecule has 1 fully saturated rings. The van der Waals surface area contributed by atoms with Gasteiger partial charge in [0.2, 0.25) is 5.91 Å². The number of aliphatic carboxylic acids is 1. The molecule has 4 atom stereocenters. The molecular weight excluding hydrogens is 258 g/mol. The number of rotatable bonds is 4. The lowest BCUT2D eigenvalue weighted by Crippen LogP contribution is -2.41. The second-order valence-corrected chi connectivity index (χ2v) is 5.57. The van der Waals surface area contributed by atoms with Gasteiger partial charge in [0.15, 0.2) is 0 Å². The average Bonchev–Trinajstić information content (AvgIpc) is 3.12. The molecule has 1 aromatic heterocycles. The van der Waals surface area contributed by atoms with Crippen molar-refractivity contribution in [3.05, 3.63) is 30.4 Å². The highest BCUT2D eigenvalue weighted by Crippen LogP contribution is 2.48. The van der Waals surface area contributed by atoms with E-state index in [0.29, 0.717) is 12.4 Å². The summed E-state index contributed by atoms with van der Waals surface area (Å²) >= 11 is 0. The van der Waals surface area contributed by atoms with Crippen LogP contribution in [0.15, 0.2) is 24.5 Å². The molecule has 2 N–H and O–H groups in total. The minimum Gasteiger partial charge on any atom is -0.481 e. The van der Waals surface area contributed by atoms with Gasteiger partial charge in [-0.25, -0.2) is 4.98 Å². The molecule has 1 aromatic rings. The van der Waals surface area contributed by atoms with Gasteiger partial charge in [0, 0.05) is 19.4 Å². The molecule has 2 unspecified atom stereocenters. The highest BCUT2D eigenvalue weighted by molar-refractivity contribution is 5.86. The van der Waals surface area contributed by atoms with Gasteiger partial charge in [0.05, 0.1) is 18.4 Å². The summed E-state index contributed by atoms with van der Waals surface area (Å²) in [6, 6.07) is 0. The zero-order valence-corrected chi connectivity index (χ0v) is 11.2. The third-order valence-electron chi connectivity index (χ3n) is 4.35. The van der Waals surface area contributed by atoms with E-state index in [0.717, 1.165) is 6.42 Å². The van der Waals surface area contributed by atoms with Crippen molar-refractivity contribution in [1.29, 1.82) is 0 Å². The van der Waals surface area contributed by atoms with Crippen LogP contribution in [0.25, 0.3) is 0 Å². The Bertz CT molecular complexity index is 552. The maximum absolute atomic E-state index is 12.6. The molecule has 6 nitrogen and oxygen atoms in total. The van der Waals surface area contributed by atoms with E-state index in [4.69, 9.17) is 0 Å². The molecule has 20 heavy (non-hydrogen) atoms. The van der Waals surface area contributed by atoms with Crippen LogP contribution < -0.4 is 0 Å². The van der Waals surface area contributed by atoms with Gasteiger partial charge in [-0.05, 0) is 18.3 Å². The molecular formula is C14H17N3O3. The second kappa shape index (κ2) is 4.77. The number of hydrogen-bond acceptors (Lipinski definition) is 3. The van der Waals surface area contributed by atoms with Crippen molar-refractivity contribution in [2.75, 3.05) is 7.05 Å². The first-order chi connectivity index (χ1) is 9.58. The molecule has 2 bridgehead atoms. The normalized spacial score (nSPS) is 30.6. The number of aromatic nitrogens is 2. The first kappa shape index (κ1) is 12.9. The van der Waals surface area contributed by atoms with Gasteiger partial charge in [-0.15, -0.1) is 0 Å². The lowest BCUT2D eigenvalue weighted by atomic mass is 9.82. The fourth-order valence-corrected chi connectivity index (χ4v) is 3.44. The lowest BCUT2D eigenvalue weighted by molar-refractivity contribution is -0.150. The molecule has 2 aliphatic carbocycles. The molecule has 6 heteroatoms. The number of H-pyrrole nitrogens is 1. The number of allylic oxidation sites excluding steroid dienone is 2. The smallest absolute Gasteiger partial charge is 0.307 e. The van der Waals surface area contributed by atoms with Gasteiger partial charge in [-0.2, -0.15) is 0 Å². The van der Waals surface area contributed by atoms with Gasteiger partial charge in [-0.1, -0.05) is 12.2 Å². The van der Waals surface area contributed by atoms with E-state index < -0.39 is 17.8 Å². The summed E-state index contributed by atoms with van der Waals surface area (Å²) in [6.45, 7) is 0.371. The van der Waals surface area contributed by atoms with Crippen LogP contribution in [0.1, 0.15) is 12.2 Å². The molecule has 1 amide bonds. The molecule has 1 heterocycles. The summed E-state index contributed by atoms with van der Waals surface area (Å²) in [5, 5.41) is 9.37. The van der Waals surface area contributed by atoms with Crippen molar-refractivity contribution < 1.29 is 14.7 Å². The molecule has 0 aliphatic heterocycles. The maximum Gasteiger partial charge on any atom is 0.307 e. The van der Waals surface area contributed by atoms with Crippen molar-refractivity contribution in [1.82, 2.24) is 14.9 Å². The Morgan fingerprint density at radius 2 is 2.10 bits per heavy atom. The van der Waals surface area contributed by atoms with Crippen LogP contribution in [-0.2, 0) is 16.1 Å². The number of amides is 1. The second-order valence-electron chi connectivity index (χ2n) is 5.57. The Kier molecular flexibility index (Phi) is 3.08. The summed E-state index contributed by atoms with van der Waals surface area (Å²) in [5.41, 5.74) is 0. The summed E-state index contributed by atoms with van der Waals surface area (Å²) in [5.74, 6) is -1.24. The van der Waals surface area contributed by atoms with E-state index in [9.17, 15) is 14.7 Å². The van der Waals surface area contributed by atoms with Crippen LogP contribution in [0.5, 0.6) is 0 Å². The Hall–Kier alpha value is -2.11. The topological polar surface area (TPSA) is 86.3 Å². The predicted octanol–water partition coefficient (Wildman–Crippen LogP) is 0.891. The third kappa shape index (κ3) is 2.01. The zero-order chi connectivity index (χ0) is 14.3. The fourth-order valence-electron chi connectivity index (χ4n) is 3.44. The zero-order valence-electron chi connectivity index (χ0n) is 11.2. The van der Waals surface area contributed by atoms with Crippen molar-refractivity contribution in [3.8, 4) is 0 Å². The van der Waals surface area contributed by atoms with Gasteiger partial charge < -0.3 is 15.0 Å². The van der Waals surface area contributed by atoms with Crippen LogP contribution >= 0.6 is 0 Å². The quantitative estimate of drug-likeness (QED) is 0.799. The van der Waals surface area contributed by atoms with E-state index >= 15 is 0 Å². The first-order valence-corrected chi connectivity index (χ1v) is 6.72. The molecule has 1 saturated carbocycles. The van der Waals surface area contributed by atoms with Crippen LogP contribution in [0.4, 0.5) is 0 Å². The average molecular weight is 275 g/mol. The summed E-state index contributed by atoms with van der Waals surface area (Å²) in [4.78, 5) is 32.6. The third-order valence-corrected chi connectivity index (χ3v) is 4.35. The lowest BCUT2D eigenvalue weighted by Gasteiger charge is -2.28. The minimum absolute atomic E-state index is 0.00321. The Labute approximate surface area is 116 Å². The van der Waals surface area contributed by atoms with Crippen molar-refractivity contribution >= 4 is 11.9 Å². The number of imidazole rings is 1. The van der Waals surface area contributed by atoms with Crippen molar-refractivity contribution in [3.63, 3.8) is 0 Å². The largest absolute Gasteiger partial charge is 0.481 e. The van der Waals surface area contributed by atoms with Crippen molar-refractivity contribution in [2.45, 2.75) is 13.0 Å². The number of carbonyl (C=O) groups is 2. The van der Waals surface area contributed by atoms with Gasteiger partial charge in [0.25, 0.3) is 0 Å². The maximum atomic E-state index is 12.6. The number of hydrogen-bond donors (Lipinski definition) is 2. The predicted molar refractivity (Wildman–Crippen MR) is 70.4 cm³/mol. The standard InChI is InChI=1S/C14H17N3O3/c1-17(7-10-15-4-5-16-10)13(18)11-8-2-3-9(6-8)12(11)14(19)20/h2-5,8-9,11-12H,6-7H2,1H3,(H,15,16)(H,19,20)/t8?,9?,11-,12+/m0/s1. The van der Waals surface area contributed by atoms with E-state index in [1.807, 2.05) is 12.2 Å². The number of carboxylic acids is 1. The van der Waals surface area contributed by atoms with Crippen LogP contribution in [0.3, 0.4) is 0 Å². The van der Waals surface area contributed by atoms with Crippen LogP contribution in [0, 0.1) is 23.7 Å². The summed E-state index contributed by atoms with van der Waals surface area (Å²) in [7, 11) is 1.69. The van der Waals surface area contributed by atoms with Gasteiger partial charge in [-0.3, -0.25) is 9.59 Å². The van der Waals surface area contributed by atoms with E-state index in [-0.39, 0.29) is 17.7 Å². The molecule has 0 saturated heterocycles. The molecule has 0 radical (unpaired) electrons. The van der Waals surface area contributed by atoms with E-state index in [2.05, 4.69) is 9.97 Å². The summed E-state index contributed by atoms with van der Waals surface area (Å²) in [6.07, 6.45) is 8.05. The number of nitrogens with one attached hydrogen (secondary N) is 1. The molecule has 3 rings (SSSR count). The van der Waals surface area contributed by atoms with Gasteiger partial charge in [0.1, 0.15) is 5.82 Å². The Morgan fingerprint density at radius 1 is 1.40 bits per heavy atom. The number of fused-ring (bicyclic) bond motifs is 2. The Balaban J connectivity index is 1.76. The monoisotopic (exact) mass is 275 g/mol. The van der Waals surface area contributed by atoms with Crippen molar-refractivity contribution in [2.24, 2.45) is 23.7 Å². The molecule has 0 aromatic carbocycles. The molecule has 2 aliphatic rings. The molecule has 0 spiro atoms. The SMILES string of the molecule is CN(Cc1ncc[nH]1)C(=O)[C@H]1C2C=CC(C2)[C@H]1C(=O)O. The van der Waals surface area contributed by atoms with E-state index in [1.165, 1.54) is 0 Å². The fraction of sp³-hybridized carbons (Fsp3) is 0.500. The minimum atomic E-state index is -0.869. The van der Waals surface area contributed by atoms with Crippen LogP contribution in [-0.4, -0.2) is 38.9 Å².